The Hall–Kier alpha value is -2.62. The van der Waals surface area contributed by atoms with E-state index in [2.05, 4.69) is 20.2 Å². The highest BCUT2D eigenvalue weighted by molar-refractivity contribution is 7.91. The van der Waals surface area contributed by atoms with Gasteiger partial charge in [0.15, 0.2) is 0 Å². The lowest BCUT2D eigenvalue weighted by Crippen LogP contribution is -2.30. The molecular formula is C19H20N4O3S2. The van der Waals surface area contributed by atoms with Crippen molar-refractivity contribution in [1.29, 1.82) is 0 Å². The second kappa shape index (κ2) is 8.17. The summed E-state index contributed by atoms with van der Waals surface area (Å²) in [5, 5.41) is 10.0. The number of anilines is 1. The molecule has 0 spiro atoms. The molecule has 1 aromatic heterocycles. The smallest absolute Gasteiger partial charge is 0.270 e. The van der Waals surface area contributed by atoms with E-state index in [-0.39, 0.29) is 15.4 Å². The quantitative estimate of drug-likeness (QED) is 0.601. The van der Waals surface area contributed by atoms with Gasteiger partial charge in [0.1, 0.15) is 0 Å². The minimum atomic E-state index is -3.95. The molecule has 0 aliphatic heterocycles. The molecule has 0 saturated heterocycles. The number of hydrogen-bond acceptors (Lipinski definition) is 6. The van der Waals surface area contributed by atoms with Gasteiger partial charge in [0.2, 0.25) is 15.4 Å². The summed E-state index contributed by atoms with van der Waals surface area (Å²) in [5.41, 5.74) is 3.74. The molecule has 1 amide bonds. The topological polar surface area (TPSA) is 101 Å². The Morgan fingerprint density at radius 1 is 1.07 bits per heavy atom. The Kier molecular flexibility index (Phi) is 5.87. The fraction of sp³-hybridized carbons (Fsp3) is 0.211. The Balaban J connectivity index is 1.99. The number of hydrogen-bond donors (Lipinski definition) is 2. The van der Waals surface area contributed by atoms with Gasteiger partial charge in [-0.1, -0.05) is 65.4 Å². The van der Waals surface area contributed by atoms with Gasteiger partial charge in [-0.2, -0.15) is 4.72 Å². The van der Waals surface area contributed by atoms with Crippen LogP contribution in [0.1, 0.15) is 35.2 Å². The maximum Gasteiger partial charge on any atom is 0.270 e. The van der Waals surface area contributed by atoms with Gasteiger partial charge >= 0.3 is 0 Å². The van der Waals surface area contributed by atoms with Crippen LogP contribution in [0.15, 0.2) is 52.9 Å². The molecule has 1 heterocycles. The number of carbonyl (C=O) groups excluding carboxylic acids is 1. The molecule has 1 unspecified atom stereocenters. The molecule has 146 valence electrons. The highest BCUT2D eigenvalue weighted by atomic mass is 32.2. The van der Waals surface area contributed by atoms with Crippen molar-refractivity contribution in [3.8, 4) is 0 Å². The van der Waals surface area contributed by atoms with Crippen LogP contribution in [0, 0.1) is 13.8 Å². The van der Waals surface area contributed by atoms with E-state index in [0.717, 1.165) is 33.6 Å². The number of nitrogens with zero attached hydrogens (tertiary/aromatic N) is 2. The van der Waals surface area contributed by atoms with E-state index < -0.39 is 16.1 Å². The van der Waals surface area contributed by atoms with Crippen LogP contribution in [-0.4, -0.2) is 24.5 Å². The molecule has 2 N–H and O–H groups in total. The van der Waals surface area contributed by atoms with Crippen LogP contribution in [0.4, 0.5) is 5.13 Å². The molecular weight excluding hydrogens is 396 g/mol. The minimum absolute atomic E-state index is 0.135. The first-order valence-corrected chi connectivity index (χ1v) is 10.8. The van der Waals surface area contributed by atoms with Crippen LogP contribution in [0.5, 0.6) is 0 Å². The molecule has 0 radical (unpaired) electrons. The van der Waals surface area contributed by atoms with E-state index in [1.807, 2.05) is 62.4 Å². The average Bonchev–Trinajstić information content (AvgIpc) is 3.10. The van der Waals surface area contributed by atoms with E-state index in [9.17, 15) is 13.2 Å². The van der Waals surface area contributed by atoms with Crippen LogP contribution in [0.25, 0.3) is 0 Å². The first-order valence-electron chi connectivity index (χ1n) is 8.52. The third-order valence-corrected chi connectivity index (χ3v) is 6.69. The molecule has 0 aliphatic carbocycles. The summed E-state index contributed by atoms with van der Waals surface area (Å²) >= 11 is 0.803. The normalized spacial score (nSPS) is 12.5. The van der Waals surface area contributed by atoms with E-state index in [1.165, 1.54) is 6.92 Å². The van der Waals surface area contributed by atoms with E-state index in [4.69, 9.17) is 0 Å². The van der Waals surface area contributed by atoms with Gasteiger partial charge in [0, 0.05) is 6.92 Å². The zero-order valence-corrected chi connectivity index (χ0v) is 17.3. The molecule has 9 heteroatoms. The second-order valence-electron chi connectivity index (χ2n) is 6.38. The predicted molar refractivity (Wildman–Crippen MR) is 109 cm³/mol. The van der Waals surface area contributed by atoms with Crippen LogP contribution < -0.4 is 10.0 Å². The van der Waals surface area contributed by atoms with E-state index in [1.54, 1.807) is 0 Å². The van der Waals surface area contributed by atoms with Gasteiger partial charge in [0.25, 0.3) is 10.0 Å². The van der Waals surface area contributed by atoms with Crippen molar-refractivity contribution < 1.29 is 13.2 Å². The number of aromatic nitrogens is 2. The lowest BCUT2D eigenvalue weighted by Gasteiger charge is -2.21. The molecule has 0 aliphatic rings. The summed E-state index contributed by atoms with van der Waals surface area (Å²) < 4.78 is 28.4. The van der Waals surface area contributed by atoms with Gasteiger partial charge in [-0.05, 0) is 30.5 Å². The molecule has 1 atom stereocenters. The maximum absolute atomic E-state index is 13.0. The van der Waals surface area contributed by atoms with Gasteiger partial charge in [-0.25, -0.2) is 8.42 Å². The third-order valence-electron chi connectivity index (χ3n) is 4.06. The minimum Gasteiger partial charge on any atom is -0.301 e. The van der Waals surface area contributed by atoms with Crippen molar-refractivity contribution in [2.24, 2.45) is 0 Å². The standard InChI is InChI=1S/C19H20N4O3S2/c1-12-9-10-16(13(2)11-12)17(15-7-5-4-6-8-15)23-28(25,26)19-22-21-18(27-19)20-14(3)24/h4-11,17,23H,1-3H3,(H,20,21,24). The monoisotopic (exact) mass is 416 g/mol. The Morgan fingerprint density at radius 2 is 1.79 bits per heavy atom. The number of aryl methyl sites for hydroxylation is 2. The van der Waals surface area contributed by atoms with Gasteiger partial charge in [-0.15, -0.1) is 10.2 Å². The number of amides is 1. The molecule has 7 nitrogen and oxygen atoms in total. The molecule has 2 aromatic carbocycles. The summed E-state index contributed by atoms with van der Waals surface area (Å²) in [4.78, 5) is 11.1. The molecule has 0 bridgehead atoms. The van der Waals surface area contributed by atoms with E-state index in [0.29, 0.717) is 0 Å². The number of benzene rings is 2. The number of rotatable bonds is 6. The summed E-state index contributed by atoms with van der Waals surface area (Å²) in [7, 11) is -3.95. The van der Waals surface area contributed by atoms with Crippen LogP contribution in [0.2, 0.25) is 0 Å². The SMILES string of the molecule is CC(=O)Nc1nnc(S(=O)(=O)NC(c2ccccc2)c2ccc(C)cc2C)s1. The lowest BCUT2D eigenvalue weighted by atomic mass is 9.95. The van der Waals surface area contributed by atoms with Crippen molar-refractivity contribution in [2.75, 3.05) is 5.32 Å². The van der Waals surface area contributed by atoms with Gasteiger partial charge < -0.3 is 5.32 Å². The molecule has 28 heavy (non-hydrogen) atoms. The van der Waals surface area contributed by atoms with Crippen molar-refractivity contribution in [2.45, 2.75) is 31.2 Å². The summed E-state index contributed by atoms with van der Waals surface area (Å²) in [6, 6.07) is 14.6. The van der Waals surface area contributed by atoms with Crippen molar-refractivity contribution in [3.05, 3.63) is 70.8 Å². The Morgan fingerprint density at radius 3 is 2.43 bits per heavy atom. The molecule has 0 saturated carbocycles. The zero-order chi connectivity index (χ0) is 20.3. The molecule has 3 rings (SSSR count). The second-order valence-corrected chi connectivity index (χ2v) is 9.24. The van der Waals surface area contributed by atoms with Crippen molar-refractivity contribution >= 4 is 32.4 Å². The van der Waals surface area contributed by atoms with E-state index >= 15 is 0 Å². The van der Waals surface area contributed by atoms with Crippen LogP contribution in [-0.2, 0) is 14.8 Å². The van der Waals surface area contributed by atoms with Crippen molar-refractivity contribution in [1.82, 2.24) is 14.9 Å². The number of sulfonamides is 1. The zero-order valence-electron chi connectivity index (χ0n) is 15.6. The van der Waals surface area contributed by atoms with Gasteiger partial charge in [0.05, 0.1) is 6.04 Å². The highest BCUT2D eigenvalue weighted by Crippen LogP contribution is 2.29. The summed E-state index contributed by atoms with van der Waals surface area (Å²) in [6.45, 7) is 5.26. The summed E-state index contributed by atoms with van der Waals surface area (Å²) in [5.74, 6) is -0.342. The fourth-order valence-corrected chi connectivity index (χ4v) is 5.00. The first-order chi connectivity index (χ1) is 13.3. The number of carbonyl (C=O) groups is 1. The predicted octanol–water partition coefficient (Wildman–Crippen LogP) is 3.18. The Labute approximate surface area is 167 Å². The maximum atomic E-state index is 13.0. The highest BCUT2D eigenvalue weighted by Gasteiger charge is 2.27. The number of nitrogens with one attached hydrogen (secondary N) is 2. The molecule has 3 aromatic rings. The van der Waals surface area contributed by atoms with Crippen LogP contribution in [0.3, 0.4) is 0 Å². The summed E-state index contributed by atoms with van der Waals surface area (Å²) in [6.07, 6.45) is 0. The lowest BCUT2D eigenvalue weighted by molar-refractivity contribution is -0.114. The molecule has 0 fully saturated rings. The first kappa shape index (κ1) is 20.1. The fourth-order valence-electron chi connectivity index (χ4n) is 2.83. The largest absolute Gasteiger partial charge is 0.301 e. The Bertz CT molecular complexity index is 1100. The van der Waals surface area contributed by atoms with Gasteiger partial charge in [-0.3, -0.25) is 4.79 Å². The van der Waals surface area contributed by atoms with Crippen LogP contribution >= 0.6 is 11.3 Å². The third kappa shape index (κ3) is 4.61. The van der Waals surface area contributed by atoms with Crippen molar-refractivity contribution in [3.63, 3.8) is 0 Å². The average molecular weight is 417 g/mol.